The summed E-state index contributed by atoms with van der Waals surface area (Å²) in [6, 6.07) is 69.7. The van der Waals surface area contributed by atoms with E-state index in [-0.39, 0.29) is 0 Å². The Kier molecular flexibility index (Phi) is 7.90. The minimum atomic E-state index is 1.06. The lowest BCUT2D eigenvalue weighted by molar-refractivity contribution is 1.28. The third-order valence-corrected chi connectivity index (χ3v) is 12.2. The van der Waals surface area contributed by atoms with Crippen molar-refractivity contribution in [2.24, 2.45) is 0 Å². The first-order chi connectivity index (χ1) is 26.2. The molecule has 0 unspecified atom stereocenters. The summed E-state index contributed by atoms with van der Waals surface area (Å²) in [6.45, 7) is 0. The van der Waals surface area contributed by atoms with Crippen LogP contribution >= 0.6 is 22.7 Å². The normalized spacial score (nSPS) is 11.4. The van der Waals surface area contributed by atoms with Gasteiger partial charge in [-0.2, -0.15) is 0 Å². The summed E-state index contributed by atoms with van der Waals surface area (Å²) in [4.78, 5) is 7.36. The van der Waals surface area contributed by atoms with Crippen LogP contribution in [0, 0.1) is 0 Å². The Labute approximate surface area is 316 Å². The molecule has 2 heterocycles. The van der Waals surface area contributed by atoms with Crippen molar-refractivity contribution in [3.8, 4) is 44.0 Å². The lowest BCUT2D eigenvalue weighted by Crippen LogP contribution is -2.09. The Balaban J connectivity index is 1.02. The van der Waals surface area contributed by atoms with Gasteiger partial charge in [-0.1, -0.05) is 146 Å². The molecule has 53 heavy (non-hydrogen) atoms. The van der Waals surface area contributed by atoms with Gasteiger partial charge in [0.15, 0.2) is 0 Å². The maximum Gasteiger partial charge on any atom is 0.124 e. The van der Waals surface area contributed by atoms with E-state index in [1.165, 1.54) is 63.8 Å². The fourth-order valence-corrected chi connectivity index (χ4v) is 9.50. The van der Waals surface area contributed by atoms with E-state index < -0.39 is 0 Å². The summed E-state index contributed by atoms with van der Waals surface area (Å²) < 4.78 is 3.80. The van der Waals surface area contributed by atoms with E-state index >= 15 is 0 Å². The first-order valence-corrected chi connectivity index (χ1v) is 19.4. The predicted octanol–water partition coefficient (Wildman–Crippen LogP) is 14.8. The summed E-state index contributed by atoms with van der Waals surface area (Å²) in [7, 11) is 0. The zero-order valence-corrected chi connectivity index (χ0v) is 30.3. The molecule has 2 aromatic heterocycles. The number of hydrogen-bond acceptors (Lipinski definition) is 4. The molecule has 8 aromatic carbocycles. The zero-order chi connectivity index (χ0) is 35.1. The molecule has 0 saturated carbocycles. The molecule has 0 aliphatic carbocycles. The molecule has 250 valence electrons. The topological polar surface area (TPSA) is 16.1 Å². The first kappa shape index (κ1) is 31.4. The number of nitrogens with zero attached hydrogens (tertiary/aromatic N) is 2. The van der Waals surface area contributed by atoms with Crippen LogP contribution in [0.1, 0.15) is 0 Å². The van der Waals surface area contributed by atoms with Crippen LogP contribution < -0.4 is 4.90 Å². The molecule has 0 atom stereocenters. The fraction of sp³-hybridized carbons (Fsp3) is 0. The van der Waals surface area contributed by atoms with E-state index in [1.54, 1.807) is 11.3 Å². The summed E-state index contributed by atoms with van der Waals surface area (Å²) in [5.74, 6) is 0. The monoisotopic (exact) mass is 712 g/mol. The van der Waals surface area contributed by atoms with Gasteiger partial charge in [0.25, 0.3) is 0 Å². The van der Waals surface area contributed by atoms with Gasteiger partial charge >= 0.3 is 0 Å². The molecule has 0 saturated heterocycles. The molecular formula is C49H32N2S2. The van der Waals surface area contributed by atoms with Crippen molar-refractivity contribution in [2.75, 3.05) is 4.90 Å². The van der Waals surface area contributed by atoms with Gasteiger partial charge < -0.3 is 4.90 Å². The molecule has 0 fully saturated rings. The molecule has 0 aliphatic rings. The van der Waals surface area contributed by atoms with Crippen LogP contribution in [0.25, 0.3) is 74.3 Å². The van der Waals surface area contributed by atoms with E-state index in [4.69, 9.17) is 4.98 Å². The Morgan fingerprint density at radius 1 is 0.358 bits per heavy atom. The van der Waals surface area contributed by atoms with Gasteiger partial charge in [0, 0.05) is 42.8 Å². The summed E-state index contributed by atoms with van der Waals surface area (Å²) in [5.41, 5.74) is 12.8. The van der Waals surface area contributed by atoms with Gasteiger partial charge in [0.2, 0.25) is 0 Å². The van der Waals surface area contributed by atoms with E-state index in [1.807, 2.05) is 11.3 Å². The molecule has 0 N–H and O–H groups in total. The first-order valence-electron chi connectivity index (χ1n) is 17.8. The smallest absolute Gasteiger partial charge is 0.124 e. The van der Waals surface area contributed by atoms with Gasteiger partial charge in [-0.15, -0.1) is 22.7 Å². The maximum atomic E-state index is 5.02. The van der Waals surface area contributed by atoms with Gasteiger partial charge in [-0.05, 0) is 81.9 Å². The van der Waals surface area contributed by atoms with Crippen LogP contribution in [0.2, 0.25) is 0 Å². The third-order valence-electron chi connectivity index (χ3n) is 9.93. The average molecular weight is 713 g/mol. The fourth-order valence-electron chi connectivity index (χ4n) is 7.25. The molecule has 0 aliphatic heterocycles. The van der Waals surface area contributed by atoms with Crippen molar-refractivity contribution >= 4 is 70.1 Å². The summed E-state index contributed by atoms with van der Waals surface area (Å²) in [5, 5.41) is 3.65. The van der Waals surface area contributed by atoms with Crippen LogP contribution in [0.3, 0.4) is 0 Å². The van der Waals surface area contributed by atoms with E-state index in [0.717, 1.165) is 27.6 Å². The number of rotatable bonds is 7. The minimum absolute atomic E-state index is 1.06. The zero-order valence-electron chi connectivity index (χ0n) is 28.7. The standard InChI is InChI=1S/C49H32N2S2/c1-4-11-33(12-5-1)35-19-25-39(26-20-35)51(40-27-21-36(22-28-40)34-13-6-2-7-14-34)41-29-23-37(24-30-41)42-17-10-18-43-44-31-47-45(32-46(44)52-48(42)43)50-49(53-47)38-15-8-3-9-16-38/h1-32H. The molecule has 4 heteroatoms. The molecule has 2 nitrogen and oxygen atoms in total. The molecule has 0 bridgehead atoms. The van der Waals surface area contributed by atoms with E-state index in [0.29, 0.717) is 0 Å². The van der Waals surface area contributed by atoms with Crippen LogP contribution in [-0.4, -0.2) is 4.98 Å². The van der Waals surface area contributed by atoms with Crippen molar-refractivity contribution < 1.29 is 0 Å². The second-order valence-electron chi connectivity index (χ2n) is 13.2. The third kappa shape index (κ3) is 5.88. The largest absolute Gasteiger partial charge is 0.311 e. The van der Waals surface area contributed by atoms with Gasteiger partial charge in [-0.25, -0.2) is 4.98 Å². The highest BCUT2D eigenvalue weighted by atomic mass is 32.1. The Hall–Kier alpha value is -6.33. The number of thiazole rings is 1. The van der Waals surface area contributed by atoms with Crippen LogP contribution in [0.4, 0.5) is 17.1 Å². The summed E-state index contributed by atoms with van der Waals surface area (Å²) >= 11 is 3.63. The van der Waals surface area contributed by atoms with E-state index in [9.17, 15) is 0 Å². The number of thiophene rings is 1. The van der Waals surface area contributed by atoms with E-state index in [2.05, 4.69) is 199 Å². The van der Waals surface area contributed by atoms with Crippen molar-refractivity contribution in [2.45, 2.75) is 0 Å². The Morgan fingerprint density at radius 3 is 1.40 bits per heavy atom. The number of aromatic nitrogens is 1. The molecule has 0 radical (unpaired) electrons. The molecule has 10 rings (SSSR count). The highest BCUT2D eigenvalue weighted by Gasteiger charge is 2.17. The molecule has 0 spiro atoms. The van der Waals surface area contributed by atoms with Crippen LogP contribution in [0.5, 0.6) is 0 Å². The lowest BCUT2D eigenvalue weighted by Gasteiger charge is -2.26. The minimum Gasteiger partial charge on any atom is -0.311 e. The second kappa shape index (κ2) is 13.3. The second-order valence-corrected chi connectivity index (χ2v) is 15.3. The lowest BCUT2D eigenvalue weighted by atomic mass is 10.0. The van der Waals surface area contributed by atoms with Gasteiger partial charge in [0.1, 0.15) is 5.01 Å². The van der Waals surface area contributed by atoms with Gasteiger partial charge in [-0.3, -0.25) is 0 Å². The SMILES string of the molecule is c1ccc(-c2ccc(N(c3ccc(-c4ccccc4)cc3)c3ccc(-c4cccc5c4sc4cc6nc(-c7ccccc7)sc6cc45)cc3)cc2)cc1. The molecular weight excluding hydrogens is 681 g/mol. The van der Waals surface area contributed by atoms with Crippen molar-refractivity contribution in [3.63, 3.8) is 0 Å². The average Bonchev–Trinajstić information content (AvgIpc) is 3.82. The molecule has 0 amide bonds. The Bertz CT molecular complexity index is 2760. The van der Waals surface area contributed by atoms with Crippen LogP contribution in [-0.2, 0) is 0 Å². The van der Waals surface area contributed by atoms with Gasteiger partial charge in [0.05, 0.1) is 10.2 Å². The Morgan fingerprint density at radius 2 is 0.849 bits per heavy atom. The van der Waals surface area contributed by atoms with Crippen LogP contribution in [0.15, 0.2) is 194 Å². The van der Waals surface area contributed by atoms with Crippen molar-refractivity contribution in [3.05, 3.63) is 194 Å². The number of benzene rings is 8. The van der Waals surface area contributed by atoms with Crippen molar-refractivity contribution in [1.29, 1.82) is 0 Å². The number of fused-ring (bicyclic) bond motifs is 4. The quantitative estimate of drug-likeness (QED) is 0.164. The predicted molar refractivity (Wildman–Crippen MR) is 229 cm³/mol. The molecule has 10 aromatic rings. The highest BCUT2D eigenvalue weighted by molar-refractivity contribution is 7.26. The van der Waals surface area contributed by atoms with Crippen molar-refractivity contribution in [1.82, 2.24) is 4.98 Å². The number of hydrogen-bond donors (Lipinski definition) is 0. The summed E-state index contributed by atoms with van der Waals surface area (Å²) in [6.07, 6.45) is 0. The number of anilines is 3. The maximum absolute atomic E-state index is 5.02. The highest BCUT2D eigenvalue weighted by Crippen LogP contribution is 2.44.